The minimum absolute atomic E-state index is 0.0763. The normalized spacial score (nSPS) is 16.9. The summed E-state index contributed by atoms with van der Waals surface area (Å²) in [5.41, 5.74) is 1.71. The van der Waals surface area contributed by atoms with Crippen molar-refractivity contribution in [3.63, 3.8) is 0 Å². The number of aryl methyl sites for hydroxylation is 1. The van der Waals surface area contributed by atoms with Crippen LogP contribution >= 0.6 is 0 Å². The number of hydrogen-bond donors (Lipinski definition) is 1. The van der Waals surface area contributed by atoms with Gasteiger partial charge in [0.2, 0.25) is 0 Å². The third kappa shape index (κ3) is 4.24. The number of nitro benzene ring substituents is 1. The van der Waals surface area contributed by atoms with Crippen LogP contribution in [0.25, 0.3) is 0 Å². The van der Waals surface area contributed by atoms with E-state index in [0.29, 0.717) is 22.9 Å². The first-order valence-electron chi connectivity index (χ1n) is 8.96. The summed E-state index contributed by atoms with van der Waals surface area (Å²) < 4.78 is 13.2. The van der Waals surface area contributed by atoms with Gasteiger partial charge in [-0.2, -0.15) is 0 Å². The van der Waals surface area contributed by atoms with Crippen LogP contribution in [0.15, 0.2) is 36.4 Å². The Morgan fingerprint density at radius 3 is 2.74 bits per heavy atom. The molecule has 1 N–H and O–H groups in total. The average molecular weight is 371 g/mol. The lowest BCUT2D eigenvalue weighted by Gasteiger charge is -2.32. The number of nitro groups is 1. The van der Waals surface area contributed by atoms with E-state index in [-0.39, 0.29) is 17.1 Å². The SMILES string of the molecule is Cc1cc(F)ccc1NC(=O)c1ccc(N2CCCC(C)C2)c([N+](=O)[O-])c1. The Balaban J connectivity index is 1.86. The highest BCUT2D eigenvalue weighted by Gasteiger charge is 2.25. The van der Waals surface area contributed by atoms with Crippen LogP contribution in [-0.2, 0) is 0 Å². The first-order valence-corrected chi connectivity index (χ1v) is 8.96. The third-order valence-electron chi connectivity index (χ3n) is 4.87. The number of rotatable bonds is 4. The van der Waals surface area contributed by atoms with Crippen molar-refractivity contribution in [1.29, 1.82) is 0 Å². The Labute approximate surface area is 157 Å². The zero-order chi connectivity index (χ0) is 19.6. The van der Waals surface area contributed by atoms with E-state index in [9.17, 15) is 19.3 Å². The van der Waals surface area contributed by atoms with Crippen molar-refractivity contribution in [2.24, 2.45) is 5.92 Å². The van der Waals surface area contributed by atoms with Gasteiger partial charge in [-0.3, -0.25) is 14.9 Å². The van der Waals surface area contributed by atoms with Crippen molar-refractivity contribution in [1.82, 2.24) is 0 Å². The van der Waals surface area contributed by atoms with Crippen LogP contribution in [0.5, 0.6) is 0 Å². The second-order valence-corrected chi connectivity index (χ2v) is 7.07. The highest BCUT2D eigenvalue weighted by Crippen LogP contribution is 2.32. The minimum Gasteiger partial charge on any atom is -0.366 e. The Hall–Kier alpha value is -2.96. The molecule has 1 aliphatic heterocycles. The molecule has 1 heterocycles. The van der Waals surface area contributed by atoms with Gasteiger partial charge in [0.1, 0.15) is 11.5 Å². The summed E-state index contributed by atoms with van der Waals surface area (Å²) in [6.45, 7) is 5.35. The van der Waals surface area contributed by atoms with Crippen LogP contribution in [0.3, 0.4) is 0 Å². The van der Waals surface area contributed by atoms with Gasteiger partial charge in [-0.05, 0) is 61.6 Å². The molecule has 27 heavy (non-hydrogen) atoms. The van der Waals surface area contributed by atoms with Crippen LogP contribution in [0.2, 0.25) is 0 Å². The summed E-state index contributed by atoms with van der Waals surface area (Å²) in [7, 11) is 0. The van der Waals surface area contributed by atoms with Gasteiger partial charge in [0.25, 0.3) is 11.6 Å². The van der Waals surface area contributed by atoms with E-state index in [1.165, 1.54) is 24.3 Å². The lowest BCUT2D eigenvalue weighted by molar-refractivity contribution is -0.384. The standard InChI is InChI=1S/C20H22FN3O3/c1-13-4-3-9-23(12-13)18-8-5-15(11-19(18)24(26)27)20(25)22-17-7-6-16(21)10-14(17)2/h5-8,10-11,13H,3-4,9,12H2,1-2H3,(H,22,25). The zero-order valence-corrected chi connectivity index (χ0v) is 15.4. The van der Waals surface area contributed by atoms with E-state index in [0.717, 1.165) is 25.9 Å². The molecule has 0 aliphatic carbocycles. The summed E-state index contributed by atoms with van der Waals surface area (Å²) >= 11 is 0. The van der Waals surface area contributed by atoms with Crippen molar-refractivity contribution in [2.75, 3.05) is 23.3 Å². The van der Waals surface area contributed by atoms with Crippen LogP contribution < -0.4 is 10.2 Å². The quantitative estimate of drug-likeness (QED) is 0.633. The fraction of sp³-hybridized carbons (Fsp3) is 0.350. The van der Waals surface area contributed by atoms with Gasteiger partial charge in [-0.1, -0.05) is 6.92 Å². The van der Waals surface area contributed by atoms with Crippen molar-refractivity contribution in [3.05, 3.63) is 63.5 Å². The highest BCUT2D eigenvalue weighted by atomic mass is 19.1. The molecule has 2 aromatic rings. The largest absolute Gasteiger partial charge is 0.366 e. The van der Waals surface area contributed by atoms with Gasteiger partial charge in [0.15, 0.2) is 0 Å². The molecular formula is C20H22FN3O3. The number of benzene rings is 2. The van der Waals surface area contributed by atoms with Gasteiger partial charge in [0.05, 0.1) is 4.92 Å². The van der Waals surface area contributed by atoms with E-state index in [1.54, 1.807) is 19.1 Å². The summed E-state index contributed by atoms with van der Waals surface area (Å²) in [5, 5.41) is 14.3. The van der Waals surface area contributed by atoms with Gasteiger partial charge in [-0.25, -0.2) is 4.39 Å². The number of carbonyl (C=O) groups is 1. The van der Waals surface area contributed by atoms with E-state index in [1.807, 2.05) is 4.90 Å². The van der Waals surface area contributed by atoms with E-state index >= 15 is 0 Å². The number of halogens is 1. The summed E-state index contributed by atoms with van der Waals surface area (Å²) in [6.07, 6.45) is 2.10. The van der Waals surface area contributed by atoms with Crippen molar-refractivity contribution >= 4 is 23.0 Å². The second kappa shape index (κ2) is 7.73. The molecule has 7 heteroatoms. The molecule has 2 aromatic carbocycles. The predicted octanol–water partition coefficient (Wildman–Crippen LogP) is 4.53. The molecule has 1 aliphatic rings. The van der Waals surface area contributed by atoms with Gasteiger partial charge in [0, 0.05) is 30.4 Å². The maximum atomic E-state index is 13.2. The Morgan fingerprint density at radius 2 is 2.07 bits per heavy atom. The number of nitrogens with zero attached hydrogens (tertiary/aromatic N) is 2. The first kappa shape index (κ1) is 18.8. The Kier molecular flexibility index (Phi) is 5.39. The first-order chi connectivity index (χ1) is 12.8. The number of carbonyl (C=O) groups excluding carboxylic acids is 1. The fourth-order valence-corrected chi connectivity index (χ4v) is 3.45. The molecule has 1 unspecified atom stereocenters. The van der Waals surface area contributed by atoms with E-state index < -0.39 is 10.8 Å². The summed E-state index contributed by atoms with van der Waals surface area (Å²) in [5.74, 6) is -0.379. The molecule has 1 saturated heterocycles. The Morgan fingerprint density at radius 1 is 1.30 bits per heavy atom. The van der Waals surface area contributed by atoms with Crippen LogP contribution in [0.4, 0.5) is 21.5 Å². The fourth-order valence-electron chi connectivity index (χ4n) is 3.45. The van der Waals surface area contributed by atoms with Crippen LogP contribution in [-0.4, -0.2) is 23.9 Å². The smallest absolute Gasteiger partial charge is 0.293 e. The van der Waals surface area contributed by atoms with Gasteiger partial charge in [-0.15, -0.1) is 0 Å². The molecule has 0 aromatic heterocycles. The molecule has 6 nitrogen and oxygen atoms in total. The van der Waals surface area contributed by atoms with Crippen molar-refractivity contribution in [2.45, 2.75) is 26.7 Å². The maximum absolute atomic E-state index is 13.2. The molecular weight excluding hydrogens is 349 g/mol. The molecule has 0 bridgehead atoms. The monoisotopic (exact) mass is 371 g/mol. The molecule has 1 fully saturated rings. The minimum atomic E-state index is -0.466. The number of nitrogens with one attached hydrogen (secondary N) is 1. The average Bonchev–Trinajstić information content (AvgIpc) is 2.63. The summed E-state index contributed by atoms with van der Waals surface area (Å²) in [6, 6.07) is 8.59. The van der Waals surface area contributed by atoms with E-state index in [2.05, 4.69) is 12.2 Å². The molecule has 0 radical (unpaired) electrons. The van der Waals surface area contributed by atoms with Crippen LogP contribution in [0, 0.1) is 28.8 Å². The predicted molar refractivity (Wildman–Crippen MR) is 103 cm³/mol. The number of hydrogen-bond acceptors (Lipinski definition) is 4. The van der Waals surface area contributed by atoms with Gasteiger partial charge < -0.3 is 10.2 Å². The number of anilines is 2. The highest BCUT2D eigenvalue weighted by molar-refractivity contribution is 6.05. The molecule has 0 saturated carbocycles. The molecule has 1 amide bonds. The molecule has 3 rings (SSSR count). The molecule has 1 atom stereocenters. The molecule has 142 valence electrons. The van der Waals surface area contributed by atoms with E-state index in [4.69, 9.17) is 0 Å². The maximum Gasteiger partial charge on any atom is 0.293 e. The third-order valence-corrected chi connectivity index (χ3v) is 4.87. The van der Waals surface area contributed by atoms with Crippen molar-refractivity contribution < 1.29 is 14.1 Å². The number of piperidine rings is 1. The zero-order valence-electron chi connectivity index (χ0n) is 15.4. The lowest BCUT2D eigenvalue weighted by atomic mass is 9.99. The lowest BCUT2D eigenvalue weighted by Crippen LogP contribution is -2.34. The molecule has 0 spiro atoms. The number of amides is 1. The van der Waals surface area contributed by atoms with Crippen molar-refractivity contribution in [3.8, 4) is 0 Å². The topological polar surface area (TPSA) is 75.5 Å². The summed E-state index contributed by atoms with van der Waals surface area (Å²) in [4.78, 5) is 25.7. The van der Waals surface area contributed by atoms with Gasteiger partial charge >= 0.3 is 0 Å². The van der Waals surface area contributed by atoms with Crippen LogP contribution in [0.1, 0.15) is 35.7 Å². The Bertz CT molecular complexity index is 885. The second-order valence-electron chi connectivity index (χ2n) is 7.07.